The maximum atomic E-state index is 11.1. The molecule has 1 saturated heterocycles. The summed E-state index contributed by atoms with van der Waals surface area (Å²) in [5, 5.41) is 0. The van der Waals surface area contributed by atoms with Crippen molar-refractivity contribution in [3.05, 3.63) is 0 Å². The molecule has 0 aromatic rings. The standard InChI is InChI=1S/C10H17NO2/c12-9-10(3-1-2-4-10)11-5-7-13-8-6-11/h9H,1-8H2. The highest BCUT2D eigenvalue weighted by atomic mass is 16.5. The Balaban J connectivity index is 2.05. The van der Waals surface area contributed by atoms with Crippen molar-refractivity contribution in [1.29, 1.82) is 0 Å². The van der Waals surface area contributed by atoms with E-state index in [4.69, 9.17) is 4.74 Å². The zero-order valence-electron chi connectivity index (χ0n) is 8.00. The van der Waals surface area contributed by atoms with Gasteiger partial charge in [0.15, 0.2) is 0 Å². The molecule has 3 nitrogen and oxygen atoms in total. The van der Waals surface area contributed by atoms with Gasteiger partial charge in [-0.15, -0.1) is 0 Å². The number of carbonyl (C=O) groups excluding carboxylic acids is 1. The summed E-state index contributed by atoms with van der Waals surface area (Å²) in [6, 6.07) is 0. The van der Waals surface area contributed by atoms with Gasteiger partial charge in [0.2, 0.25) is 0 Å². The van der Waals surface area contributed by atoms with Crippen molar-refractivity contribution < 1.29 is 9.53 Å². The summed E-state index contributed by atoms with van der Waals surface area (Å²) in [6.45, 7) is 3.43. The third-order valence-electron chi connectivity index (χ3n) is 3.33. The molecule has 0 amide bonds. The molecule has 13 heavy (non-hydrogen) atoms. The van der Waals surface area contributed by atoms with Crippen LogP contribution in [0.5, 0.6) is 0 Å². The van der Waals surface area contributed by atoms with Crippen molar-refractivity contribution in [2.75, 3.05) is 26.3 Å². The molecule has 0 aromatic carbocycles. The van der Waals surface area contributed by atoms with Crippen molar-refractivity contribution in [1.82, 2.24) is 4.90 Å². The summed E-state index contributed by atoms with van der Waals surface area (Å²) in [5.74, 6) is 0. The number of rotatable bonds is 2. The van der Waals surface area contributed by atoms with Crippen LogP contribution in [-0.4, -0.2) is 43.0 Å². The molecule has 2 aliphatic rings. The zero-order valence-corrected chi connectivity index (χ0v) is 8.00. The van der Waals surface area contributed by atoms with Crippen molar-refractivity contribution in [3.63, 3.8) is 0 Å². The van der Waals surface area contributed by atoms with Crippen LogP contribution in [-0.2, 0) is 9.53 Å². The smallest absolute Gasteiger partial charge is 0.140 e. The van der Waals surface area contributed by atoms with Gasteiger partial charge in [-0.1, -0.05) is 12.8 Å². The molecular formula is C10H17NO2. The molecule has 74 valence electrons. The van der Waals surface area contributed by atoms with E-state index in [9.17, 15) is 4.79 Å². The van der Waals surface area contributed by atoms with Crippen LogP contribution in [0, 0.1) is 0 Å². The van der Waals surface area contributed by atoms with Crippen LogP contribution < -0.4 is 0 Å². The van der Waals surface area contributed by atoms with E-state index in [2.05, 4.69) is 4.90 Å². The van der Waals surface area contributed by atoms with Crippen LogP contribution in [0.15, 0.2) is 0 Å². The van der Waals surface area contributed by atoms with Gasteiger partial charge in [0, 0.05) is 13.1 Å². The number of nitrogens with zero attached hydrogens (tertiary/aromatic N) is 1. The predicted octanol–water partition coefficient (Wildman–Crippen LogP) is 0.830. The zero-order chi connectivity index (χ0) is 9.15. The quantitative estimate of drug-likeness (QED) is 0.594. The number of aldehydes is 1. The van der Waals surface area contributed by atoms with Gasteiger partial charge in [-0.3, -0.25) is 4.90 Å². The summed E-state index contributed by atoms with van der Waals surface area (Å²) >= 11 is 0. The highest BCUT2D eigenvalue weighted by Gasteiger charge is 2.39. The molecule has 2 rings (SSSR count). The molecule has 0 N–H and O–H groups in total. The van der Waals surface area contributed by atoms with E-state index in [-0.39, 0.29) is 5.54 Å². The average molecular weight is 183 g/mol. The number of ether oxygens (including phenoxy) is 1. The molecule has 0 bridgehead atoms. The Hall–Kier alpha value is -0.410. The number of morpholine rings is 1. The van der Waals surface area contributed by atoms with Crippen molar-refractivity contribution >= 4 is 6.29 Å². The van der Waals surface area contributed by atoms with Gasteiger partial charge in [0.05, 0.1) is 18.8 Å². The average Bonchev–Trinajstić information content (AvgIpc) is 2.69. The van der Waals surface area contributed by atoms with Gasteiger partial charge in [-0.05, 0) is 12.8 Å². The summed E-state index contributed by atoms with van der Waals surface area (Å²) in [7, 11) is 0. The van der Waals surface area contributed by atoms with Crippen LogP contribution in [0.4, 0.5) is 0 Å². The summed E-state index contributed by atoms with van der Waals surface area (Å²) < 4.78 is 5.29. The minimum atomic E-state index is -0.121. The maximum absolute atomic E-state index is 11.1. The molecule has 0 atom stereocenters. The predicted molar refractivity (Wildman–Crippen MR) is 49.7 cm³/mol. The minimum Gasteiger partial charge on any atom is -0.379 e. The van der Waals surface area contributed by atoms with Crippen LogP contribution in [0.3, 0.4) is 0 Å². The molecule has 1 aliphatic carbocycles. The van der Waals surface area contributed by atoms with E-state index in [0.717, 1.165) is 39.1 Å². The first-order chi connectivity index (χ1) is 6.37. The molecule has 3 heteroatoms. The lowest BCUT2D eigenvalue weighted by Crippen LogP contribution is -2.53. The SMILES string of the molecule is O=CC1(N2CCOCC2)CCCC1. The first-order valence-electron chi connectivity index (χ1n) is 5.16. The molecule has 0 aromatic heterocycles. The van der Waals surface area contributed by atoms with Crippen molar-refractivity contribution in [2.24, 2.45) is 0 Å². The van der Waals surface area contributed by atoms with Crippen LogP contribution in [0.2, 0.25) is 0 Å². The van der Waals surface area contributed by atoms with Gasteiger partial charge in [0.25, 0.3) is 0 Å². The molecule has 0 unspecified atom stereocenters. The number of hydrogen-bond donors (Lipinski definition) is 0. The molecule has 1 aliphatic heterocycles. The Bertz CT molecular complexity index is 181. The van der Waals surface area contributed by atoms with Gasteiger partial charge in [-0.2, -0.15) is 0 Å². The first kappa shape index (κ1) is 9.16. The lowest BCUT2D eigenvalue weighted by atomic mass is 9.97. The second-order valence-electron chi connectivity index (χ2n) is 4.03. The Morgan fingerprint density at radius 3 is 2.31 bits per heavy atom. The van der Waals surface area contributed by atoms with Gasteiger partial charge >= 0.3 is 0 Å². The van der Waals surface area contributed by atoms with E-state index < -0.39 is 0 Å². The van der Waals surface area contributed by atoms with Gasteiger partial charge in [0.1, 0.15) is 6.29 Å². The third-order valence-corrected chi connectivity index (χ3v) is 3.33. The number of hydrogen-bond acceptors (Lipinski definition) is 3. The minimum absolute atomic E-state index is 0.121. The Morgan fingerprint density at radius 1 is 1.15 bits per heavy atom. The highest BCUT2D eigenvalue weighted by Crippen LogP contribution is 2.33. The summed E-state index contributed by atoms with van der Waals surface area (Å²) in [6.07, 6.45) is 5.69. The molecule has 0 spiro atoms. The van der Waals surface area contributed by atoms with Crippen molar-refractivity contribution in [2.45, 2.75) is 31.2 Å². The van der Waals surface area contributed by atoms with E-state index >= 15 is 0 Å². The maximum Gasteiger partial charge on any atom is 0.140 e. The van der Waals surface area contributed by atoms with Crippen LogP contribution >= 0.6 is 0 Å². The lowest BCUT2D eigenvalue weighted by Gasteiger charge is -2.39. The Labute approximate surface area is 79.0 Å². The summed E-state index contributed by atoms with van der Waals surface area (Å²) in [4.78, 5) is 13.5. The summed E-state index contributed by atoms with van der Waals surface area (Å²) in [5.41, 5.74) is -0.121. The topological polar surface area (TPSA) is 29.5 Å². The van der Waals surface area contributed by atoms with Crippen molar-refractivity contribution in [3.8, 4) is 0 Å². The molecule has 2 fully saturated rings. The normalized spacial score (nSPS) is 28.9. The van der Waals surface area contributed by atoms with Crippen LogP contribution in [0.25, 0.3) is 0 Å². The Morgan fingerprint density at radius 2 is 1.77 bits per heavy atom. The van der Waals surface area contributed by atoms with Gasteiger partial charge in [-0.25, -0.2) is 0 Å². The van der Waals surface area contributed by atoms with Crippen LogP contribution in [0.1, 0.15) is 25.7 Å². The fraction of sp³-hybridized carbons (Fsp3) is 0.900. The lowest BCUT2D eigenvalue weighted by molar-refractivity contribution is -0.121. The second kappa shape index (κ2) is 3.76. The fourth-order valence-electron chi connectivity index (χ4n) is 2.50. The third kappa shape index (κ3) is 1.63. The van der Waals surface area contributed by atoms with Gasteiger partial charge < -0.3 is 9.53 Å². The second-order valence-corrected chi connectivity index (χ2v) is 4.03. The van der Waals surface area contributed by atoms with E-state index in [1.54, 1.807) is 0 Å². The first-order valence-corrected chi connectivity index (χ1v) is 5.16. The fourth-order valence-corrected chi connectivity index (χ4v) is 2.50. The molecular weight excluding hydrogens is 166 g/mol. The Kier molecular flexibility index (Phi) is 2.65. The monoisotopic (exact) mass is 183 g/mol. The molecule has 1 saturated carbocycles. The highest BCUT2D eigenvalue weighted by molar-refractivity contribution is 5.64. The van der Waals surface area contributed by atoms with E-state index in [1.807, 2.05) is 0 Å². The molecule has 1 heterocycles. The number of carbonyl (C=O) groups is 1. The van der Waals surface area contributed by atoms with E-state index in [1.165, 1.54) is 19.1 Å². The largest absolute Gasteiger partial charge is 0.379 e. The van der Waals surface area contributed by atoms with E-state index in [0.29, 0.717) is 0 Å². The molecule has 0 radical (unpaired) electrons.